The molecule has 0 aromatic heterocycles. The van der Waals surface area contributed by atoms with E-state index in [0.29, 0.717) is 6.54 Å². The number of non-ortho nitro benzene ring substituents is 1. The molecule has 7 heteroatoms. The third-order valence-electron chi connectivity index (χ3n) is 4.38. The minimum absolute atomic E-state index is 0.138. The van der Waals surface area contributed by atoms with Gasteiger partial charge in [-0.05, 0) is 28.5 Å². The Balaban J connectivity index is 1.58. The SMILES string of the molecule is CN(Cc1ccc2ccccc2c1)C(=O)CNC(=O)c1cccc([N+](=O)[O-])c1. The quantitative estimate of drug-likeness (QED) is 0.528. The minimum atomic E-state index is -0.570. The highest BCUT2D eigenvalue weighted by molar-refractivity contribution is 5.97. The Labute approximate surface area is 161 Å². The number of likely N-dealkylation sites (N-methyl/N-ethyl adjacent to an activating group) is 1. The standard InChI is InChI=1S/C21H19N3O4/c1-23(14-15-9-10-16-5-2-3-6-17(16)11-15)20(25)13-22-21(26)18-7-4-8-19(12-18)24(27)28/h2-12H,13-14H2,1H3,(H,22,26). The fourth-order valence-corrected chi connectivity index (χ4v) is 2.85. The van der Waals surface area contributed by atoms with E-state index in [2.05, 4.69) is 5.32 Å². The molecule has 2 amide bonds. The first-order valence-corrected chi connectivity index (χ1v) is 8.68. The van der Waals surface area contributed by atoms with E-state index in [9.17, 15) is 19.7 Å². The van der Waals surface area contributed by atoms with Gasteiger partial charge in [0.1, 0.15) is 0 Å². The third kappa shape index (κ3) is 4.50. The van der Waals surface area contributed by atoms with Crippen molar-refractivity contribution in [3.05, 3.63) is 88.0 Å². The number of carbonyl (C=O) groups excluding carboxylic acids is 2. The van der Waals surface area contributed by atoms with Gasteiger partial charge in [-0.2, -0.15) is 0 Å². The highest BCUT2D eigenvalue weighted by Gasteiger charge is 2.14. The fraction of sp³-hybridized carbons (Fsp3) is 0.143. The summed E-state index contributed by atoms with van der Waals surface area (Å²) in [7, 11) is 1.66. The van der Waals surface area contributed by atoms with E-state index >= 15 is 0 Å². The smallest absolute Gasteiger partial charge is 0.270 e. The molecule has 1 N–H and O–H groups in total. The third-order valence-corrected chi connectivity index (χ3v) is 4.38. The molecule has 3 rings (SSSR count). The Bertz CT molecular complexity index is 1050. The van der Waals surface area contributed by atoms with Gasteiger partial charge in [0.25, 0.3) is 11.6 Å². The number of hydrogen-bond acceptors (Lipinski definition) is 4. The highest BCUT2D eigenvalue weighted by atomic mass is 16.6. The van der Waals surface area contributed by atoms with Crippen LogP contribution in [-0.2, 0) is 11.3 Å². The van der Waals surface area contributed by atoms with E-state index in [-0.39, 0.29) is 23.7 Å². The molecular weight excluding hydrogens is 358 g/mol. The molecule has 0 radical (unpaired) electrons. The van der Waals surface area contributed by atoms with Crippen LogP contribution in [0.4, 0.5) is 5.69 Å². The zero-order chi connectivity index (χ0) is 20.1. The molecular formula is C21H19N3O4. The molecule has 3 aromatic rings. The Morgan fingerprint density at radius 3 is 2.50 bits per heavy atom. The molecule has 0 fully saturated rings. The first-order chi connectivity index (χ1) is 13.4. The lowest BCUT2D eigenvalue weighted by atomic mass is 10.1. The highest BCUT2D eigenvalue weighted by Crippen LogP contribution is 2.16. The van der Waals surface area contributed by atoms with Crippen LogP contribution in [0.15, 0.2) is 66.7 Å². The molecule has 0 atom stereocenters. The number of hydrogen-bond donors (Lipinski definition) is 1. The lowest BCUT2D eigenvalue weighted by Crippen LogP contribution is -2.37. The summed E-state index contributed by atoms with van der Waals surface area (Å²) in [6.07, 6.45) is 0. The summed E-state index contributed by atoms with van der Waals surface area (Å²) in [4.78, 5) is 36.2. The van der Waals surface area contributed by atoms with Crippen molar-refractivity contribution < 1.29 is 14.5 Å². The maximum absolute atomic E-state index is 12.3. The van der Waals surface area contributed by atoms with E-state index in [1.807, 2.05) is 42.5 Å². The van der Waals surface area contributed by atoms with Crippen LogP contribution in [-0.4, -0.2) is 35.2 Å². The van der Waals surface area contributed by atoms with Crippen molar-refractivity contribution in [3.8, 4) is 0 Å². The maximum atomic E-state index is 12.3. The van der Waals surface area contributed by atoms with Gasteiger partial charge in [0.2, 0.25) is 5.91 Å². The number of nitro benzene ring substituents is 1. The number of carbonyl (C=O) groups is 2. The summed E-state index contributed by atoms with van der Waals surface area (Å²) >= 11 is 0. The van der Waals surface area contributed by atoms with Crippen molar-refractivity contribution in [3.63, 3.8) is 0 Å². The number of fused-ring (bicyclic) bond motifs is 1. The fourth-order valence-electron chi connectivity index (χ4n) is 2.85. The number of amides is 2. The molecule has 0 aliphatic heterocycles. The molecule has 28 heavy (non-hydrogen) atoms. The molecule has 7 nitrogen and oxygen atoms in total. The Morgan fingerprint density at radius 1 is 1.00 bits per heavy atom. The van der Waals surface area contributed by atoms with Gasteiger partial charge in [0.05, 0.1) is 11.5 Å². The van der Waals surface area contributed by atoms with Crippen LogP contribution in [0.25, 0.3) is 10.8 Å². The molecule has 0 heterocycles. The van der Waals surface area contributed by atoms with Gasteiger partial charge >= 0.3 is 0 Å². The monoisotopic (exact) mass is 377 g/mol. The zero-order valence-corrected chi connectivity index (χ0v) is 15.3. The Hall–Kier alpha value is -3.74. The summed E-state index contributed by atoms with van der Waals surface area (Å²) in [5.41, 5.74) is 0.950. The summed E-state index contributed by atoms with van der Waals surface area (Å²) in [6.45, 7) is 0.224. The molecule has 142 valence electrons. The largest absolute Gasteiger partial charge is 0.343 e. The number of benzene rings is 3. The van der Waals surface area contributed by atoms with Crippen LogP contribution in [0, 0.1) is 10.1 Å². The molecule has 0 bridgehead atoms. The topological polar surface area (TPSA) is 92.6 Å². The van der Waals surface area contributed by atoms with E-state index < -0.39 is 10.8 Å². The predicted octanol–water partition coefficient (Wildman–Crippen LogP) is 3.14. The van der Waals surface area contributed by atoms with Gasteiger partial charge in [-0.25, -0.2) is 0 Å². The summed E-state index contributed by atoms with van der Waals surface area (Å²) < 4.78 is 0. The first kappa shape index (κ1) is 19.0. The number of rotatable bonds is 6. The van der Waals surface area contributed by atoms with Gasteiger partial charge in [-0.1, -0.05) is 42.5 Å². The zero-order valence-electron chi connectivity index (χ0n) is 15.3. The van der Waals surface area contributed by atoms with Gasteiger partial charge < -0.3 is 10.2 Å². The second-order valence-corrected chi connectivity index (χ2v) is 6.42. The Morgan fingerprint density at radius 2 is 1.75 bits per heavy atom. The van der Waals surface area contributed by atoms with Crippen LogP contribution in [0.2, 0.25) is 0 Å². The molecule has 0 saturated carbocycles. The van der Waals surface area contributed by atoms with Gasteiger partial charge in [0, 0.05) is 31.3 Å². The van der Waals surface area contributed by atoms with E-state index in [1.165, 1.54) is 29.2 Å². The van der Waals surface area contributed by atoms with E-state index in [1.54, 1.807) is 7.05 Å². The maximum Gasteiger partial charge on any atom is 0.270 e. The normalized spacial score (nSPS) is 10.5. The first-order valence-electron chi connectivity index (χ1n) is 8.68. The molecule has 0 aliphatic carbocycles. The van der Waals surface area contributed by atoms with Gasteiger partial charge in [0.15, 0.2) is 0 Å². The summed E-state index contributed by atoms with van der Waals surface area (Å²) in [6, 6.07) is 19.4. The van der Waals surface area contributed by atoms with Crippen molar-refractivity contribution in [2.45, 2.75) is 6.54 Å². The lowest BCUT2D eigenvalue weighted by Gasteiger charge is -2.18. The number of nitrogens with zero attached hydrogens (tertiary/aromatic N) is 2. The van der Waals surface area contributed by atoms with E-state index in [0.717, 1.165) is 16.3 Å². The molecule has 0 aliphatic rings. The number of nitrogens with one attached hydrogen (secondary N) is 1. The molecule has 0 saturated heterocycles. The van der Waals surface area contributed by atoms with Crippen LogP contribution in [0.1, 0.15) is 15.9 Å². The van der Waals surface area contributed by atoms with Crippen LogP contribution < -0.4 is 5.32 Å². The molecule has 0 spiro atoms. The van der Waals surface area contributed by atoms with Crippen molar-refractivity contribution in [2.75, 3.05) is 13.6 Å². The predicted molar refractivity (Wildman–Crippen MR) is 106 cm³/mol. The van der Waals surface area contributed by atoms with Crippen molar-refractivity contribution in [1.29, 1.82) is 0 Å². The van der Waals surface area contributed by atoms with Crippen LogP contribution in [0.3, 0.4) is 0 Å². The summed E-state index contributed by atoms with van der Waals surface area (Å²) in [5, 5.41) is 15.5. The minimum Gasteiger partial charge on any atom is -0.343 e. The summed E-state index contributed by atoms with van der Waals surface area (Å²) in [5.74, 6) is -0.789. The van der Waals surface area contributed by atoms with Crippen LogP contribution in [0.5, 0.6) is 0 Å². The van der Waals surface area contributed by atoms with E-state index in [4.69, 9.17) is 0 Å². The number of nitro groups is 1. The van der Waals surface area contributed by atoms with Crippen molar-refractivity contribution in [2.24, 2.45) is 0 Å². The second-order valence-electron chi connectivity index (χ2n) is 6.42. The van der Waals surface area contributed by atoms with Gasteiger partial charge in [-0.15, -0.1) is 0 Å². The van der Waals surface area contributed by atoms with Gasteiger partial charge in [-0.3, -0.25) is 19.7 Å². The average molecular weight is 377 g/mol. The van der Waals surface area contributed by atoms with Crippen LogP contribution >= 0.6 is 0 Å². The average Bonchev–Trinajstić information content (AvgIpc) is 2.71. The molecule has 0 unspecified atom stereocenters. The van der Waals surface area contributed by atoms with Crippen molar-refractivity contribution in [1.82, 2.24) is 10.2 Å². The lowest BCUT2D eigenvalue weighted by molar-refractivity contribution is -0.384. The Kier molecular flexibility index (Phi) is 5.64. The van der Waals surface area contributed by atoms with Crippen molar-refractivity contribution >= 4 is 28.3 Å². The molecule has 3 aromatic carbocycles. The second kappa shape index (κ2) is 8.30.